The topological polar surface area (TPSA) is 160 Å². The van der Waals surface area contributed by atoms with Crippen LogP contribution < -0.4 is 28.4 Å². The highest BCUT2D eigenvalue weighted by molar-refractivity contribution is 6.20. The molecule has 15 nitrogen and oxygen atoms in total. The van der Waals surface area contributed by atoms with E-state index in [2.05, 4.69) is 10.3 Å². The molecule has 54 heavy (non-hydrogen) atoms. The molecule has 4 aromatic rings. The van der Waals surface area contributed by atoms with Crippen LogP contribution in [0.3, 0.4) is 0 Å². The molecule has 3 heterocycles. The molecule has 2 aliphatic heterocycles. The van der Waals surface area contributed by atoms with Gasteiger partial charge in [-0.1, -0.05) is 11.3 Å². The molecule has 0 amide bonds. The van der Waals surface area contributed by atoms with Crippen LogP contribution >= 0.6 is 0 Å². The number of hydrogen-bond donors (Lipinski definition) is 1. The predicted molar refractivity (Wildman–Crippen MR) is 189 cm³/mol. The fraction of sp³-hybridized carbons (Fsp3) is 0.395. The predicted octanol–water partition coefficient (Wildman–Crippen LogP) is 4.03. The molecule has 3 aromatic carbocycles. The molecule has 1 unspecified atom stereocenters. The number of carbonyl (C=O) groups is 1. The zero-order chi connectivity index (χ0) is 37.9. The van der Waals surface area contributed by atoms with Crippen molar-refractivity contribution in [2.45, 2.75) is 25.4 Å². The van der Waals surface area contributed by atoms with E-state index in [1.165, 1.54) is 26.0 Å². The maximum atomic E-state index is 13.6. The minimum Gasteiger partial charge on any atom is -0.497 e. The van der Waals surface area contributed by atoms with Crippen molar-refractivity contribution in [1.29, 1.82) is 0 Å². The molecule has 1 atom stereocenters. The summed E-state index contributed by atoms with van der Waals surface area (Å²) < 4.78 is 70.4. The third kappa shape index (κ3) is 8.85. The third-order valence-corrected chi connectivity index (χ3v) is 8.60. The van der Waals surface area contributed by atoms with Gasteiger partial charge in [0.15, 0.2) is 23.0 Å². The van der Waals surface area contributed by atoms with Crippen molar-refractivity contribution >= 4 is 11.5 Å². The summed E-state index contributed by atoms with van der Waals surface area (Å²) in [6.45, 7) is 2.18. The molecule has 0 fully saturated rings. The van der Waals surface area contributed by atoms with Gasteiger partial charge < -0.3 is 52.5 Å². The normalized spacial score (nSPS) is 16.1. The van der Waals surface area contributed by atoms with Crippen LogP contribution in [0, 0.1) is 0 Å². The number of alkyl halides is 1. The summed E-state index contributed by atoms with van der Waals surface area (Å²) in [6.07, 6.45) is 1.60. The summed E-state index contributed by atoms with van der Waals surface area (Å²) >= 11 is 0. The summed E-state index contributed by atoms with van der Waals surface area (Å²) in [4.78, 5) is 13.6. The average Bonchev–Trinajstić information content (AvgIpc) is 3.92. The summed E-state index contributed by atoms with van der Waals surface area (Å²) in [5.74, 6) is -0.0875. The van der Waals surface area contributed by atoms with E-state index in [0.29, 0.717) is 96.3 Å². The van der Waals surface area contributed by atoms with Crippen LogP contribution in [0.4, 0.5) is 4.39 Å². The van der Waals surface area contributed by atoms with Crippen molar-refractivity contribution in [3.8, 4) is 34.5 Å². The number of rotatable bonds is 21. The smallest absolute Gasteiger partial charge is 0.342 e. The maximum absolute atomic E-state index is 13.6. The molecular weight excluding hydrogens is 709 g/mol. The highest BCUT2D eigenvalue weighted by atomic mass is 19.1. The molecule has 1 aromatic heterocycles. The van der Waals surface area contributed by atoms with E-state index in [1.807, 2.05) is 0 Å². The second-order valence-corrected chi connectivity index (χ2v) is 12.0. The molecule has 0 aliphatic carbocycles. The van der Waals surface area contributed by atoms with Gasteiger partial charge in [-0.15, -0.1) is 5.10 Å². The Hall–Kier alpha value is -5.42. The molecule has 0 saturated carbocycles. The van der Waals surface area contributed by atoms with Crippen molar-refractivity contribution in [2.75, 3.05) is 74.4 Å². The van der Waals surface area contributed by atoms with Crippen molar-refractivity contribution in [3.63, 3.8) is 0 Å². The van der Waals surface area contributed by atoms with Crippen molar-refractivity contribution in [1.82, 2.24) is 15.0 Å². The Morgan fingerprint density at radius 3 is 2.22 bits per heavy atom. The van der Waals surface area contributed by atoms with Gasteiger partial charge in [-0.3, -0.25) is 0 Å². The highest BCUT2D eigenvalue weighted by Gasteiger charge is 2.48. The number of carbonyl (C=O) groups excluding carboxylic acids is 1. The van der Waals surface area contributed by atoms with Crippen LogP contribution in [0.5, 0.6) is 34.5 Å². The van der Waals surface area contributed by atoms with Crippen LogP contribution in [-0.2, 0) is 49.2 Å². The van der Waals surface area contributed by atoms with Gasteiger partial charge in [-0.25, -0.2) is 13.9 Å². The zero-order valence-electron chi connectivity index (χ0n) is 30.2. The van der Waals surface area contributed by atoms with Crippen LogP contribution in [-0.4, -0.2) is 100 Å². The molecule has 1 N–H and O–H groups in total. The van der Waals surface area contributed by atoms with E-state index in [1.54, 1.807) is 60.8 Å². The minimum absolute atomic E-state index is 0.0621. The lowest BCUT2D eigenvalue weighted by atomic mass is 9.88. The number of cyclic esters (lactones) is 1. The summed E-state index contributed by atoms with van der Waals surface area (Å²) in [7, 11) is 4.55. The molecule has 16 heteroatoms. The SMILES string of the molecule is COc1ccc(C2(O)OC(=O)C(c3ccc4c(c3)OCO4)=C2Cc2cc(OC)c(OC)c(OCCOCCOCCOCCn3cc(CF)nn3)c2)cc1. The first-order chi connectivity index (χ1) is 26.4. The summed E-state index contributed by atoms with van der Waals surface area (Å²) in [5, 5.41) is 19.7. The number of esters is 1. The number of hydrogen-bond acceptors (Lipinski definition) is 14. The quantitative estimate of drug-likeness (QED) is 0.0960. The van der Waals surface area contributed by atoms with Gasteiger partial charge in [-0.05, 0) is 59.7 Å². The Kier molecular flexibility index (Phi) is 12.8. The monoisotopic (exact) mass is 751 g/mol. The second kappa shape index (κ2) is 18.1. The summed E-state index contributed by atoms with van der Waals surface area (Å²) in [5.41, 5.74) is 2.24. The number of ether oxygens (including phenoxy) is 10. The number of aliphatic hydroxyl groups is 1. The molecule has 0 spiro atoms. The highest BCUT2D eigenvalue weighted by Crippen LogP contribution is 2.48. The van der Waals surface area contributed by atoms with Crippen molar-refractivity contribution < 1.29 is 61.7 Å². The molecule has 2 aliphatic rings. The molecule has 0 saturated heterocycles. The van der Waals surface area contributed by atoms with Gasteiger partial charge in [-0.2, -0.15) is 0 Å². The van der Waals surface area contributed by atoms with Crippen LogP contribution in [0.2, 0.25) is 0 Å². The first-order valence-corrected chi connectivity index (χ1v) is 17.2. The number of fused-ring (bicyclic) bond motifs is 1. The molecule has 0 bridgehead atoms. The van der Waals surface area contributed by atoms with Crippen LogP contribution in [0.1, 0.15) is 22.4 Å². The largest absolute Gasteiger partial charge is 0.497 e. The molecular formula is C38H42FN3O12. The van der Waals surface area contributed by atoms with E-state index in [9.17, 15) is 14.3 Å². The van der Waals surface area contributed by atoms with Crippen LogP contribution in [0.25, 0.3) is 5.57 Å². The Bertz CT molecular complexity index is 1920. The van der Waals surface area contributed by atoms with Gasteiger partial charge >= 0.3 is 5.97 Å². The number of halogens is 1. The number of methoxy groups -OCH3 is 3. The lowest BCUT2D eigenvalue weighted by molar-refractivity contribution is -0.185. The van der Waals surface area contributed by atoms with Crippen LogP contribution in [0.15, 0.2) is 66.4 Å². The lowest BCUT2D eigenvalue weighted by Crippen LogP contribution is -2.29. The van der Waals surface area contributed by atoms with E-state index in [-0.39, 0.29) is 37.7 Å². The van der Waals surface area contributed by atoms with Crippen molar-refractivity contribution in [3.05, 3.63) is 88.8 Å². The molecule has 6 rings (SSSR count). The molecule has 0 radical (unpaired) electrons. The molecule has 288 valence electrons. The van der Waals surface area contributed by atoms with Crippen molar-refractivity contribution in [2.24, 2.45) is 0 Å². The Morgan fingerprint density at radius 2 is 1.54 bits per heavy atom. The van der Waals surface area contributed by atoms with E-state index < -0.39 is 18.4 Å². The van der Waals surface area contributed by atoms with Gasteiger partial charge in [0, 0.05) is 17.6 Å². The fourth-order valence-corrected chi connectivity index (χ4v) is 5.96. The first kappa shape index (κ1) is 38.3. The minimum atomic E-state index is -2.11. The number of benzene rings is 3. The Balaban J connectivity index is 1.10. The van der Waals surface area contributed by atoms with Gasteiger partial charge in [0.25, 0.3) is 5.79 Å². The number of aromatic nitrogens is 3. The first-order valence-electron chi connectivity index (χ1n) is 17.2. The van der Waals surface area contributed by atoms with Gasteiger partial charge in [0.1, 0.15) is 24.7 Å². The second-order valence-electron chi connectivity index (χ2n) is 12.0. The standard InChI is InChI=1S/C38H42FN3O12/c1-45-29-7-5-27(6-8-29)38(44)30(35(37(43)54-38)26-4-9-31-32(21-26)53-24-52-31)18-25-19-33(46-2)36(47-3)34(20-25)51-17-16-50-15-14-49-13-12-48-11-10-42-23-28(22-39)40-41-42/h4-9,19-21,23,44H,10-18,22,24H2,1-3H3. The third-order valence-electron chi connectivity index (χ3n) is 8.60. The fourth-order valence-electron chi connectivity index (χ4n) is 5.96. The Labute approximate surface area is 311 Å². The van der Waals surface area contributed by atoms with Gasteiger partial charge in [0.2, 0.25) is 12.5 Å². The Morgan fingerprint density at radius 1 is 0.833 bits per heavy atom. The zero-order valence-corrected chi connectivity index (χ0v) is 30.2. The lowest BCUT2D eigenvalue weighted by Gasteiger charge is -2.26. The van der Waals surface area contributed by atoms with E-state index >= 15 is 0 Å². The average molecular weight is 752 g/mol. The van der Waals surface area contributed by atoms with E-state index in [4.69, 9.17) is 47.4 Å². The van der Waals surface area contributed by atoms with E-state index in [0.717, 1.165) is 0 Å². The number of nitrogens with zero attached hydrogens (tertiary/aromatic N) is 3. The van der Waals surface area contributed by atoms with Gasteiger partial charge in [0.05, 0.1) is 79.3 Å². The summed E-state index contributed by atoms with van der Waals surface area (Å²) in [6, 6.07) is 15.3. The maximum Gasteiger partial charge on any atom is 0.342 e.